The zero-order valence-electron chi connectivity index (χ0n) is 21.0. The van der Waals surface area contributed by atoms with Gasteiger partial charge in [0.1, 0.15) is 31.7 Å². The van der Waals surface area contributed by atoms with E-state index in [0.29, 0.717) is 0 Å². The SMILES string of the molecule is CCCCCCCCCCCCc1ccc(Oc2cc(S(=O)(=O)[O-])ccc2S(=O)(=O)[O-])cc1.[Na+].[Na+]. The molecule has 0 saturated heterocycles. The van der Waals surface area contributed by atoms with Crippen molar-refractivity contribution in [2.24, 2.45) is 0 Å². The third-order valence-corrected chi connectivity index (χ3v) is 7.15. The molecular weight excluding hydrogens is 510 g/mol. The molecule has 184 valence electrons. The predicted molar refractivity (Wildman–Crippen MR) is 124 cm³/mol. The number of hydrogen-bond donors (Lipinski definition) is 0. The van der Waals surface area contributed by atoms with Gasteiger partial charge in [0.15, 0.2) is 0 Å². The van der Waals surface area contributed by atoms with E-state index < -0.39 is 35.8 Å². The summed E-state index contributed by atoms with van der Waals surface area (Å²) in [6.45, 7) is 2.22. The molecule has 0 spiro atoms. The second-order valence-corrected chi connectivity index (χ2v) is 10.9. The molecule has 2 aromatic carbocycles. The van der Waals surface area contributed by atoms with Gasteiger partial charge in [0, 0.05) is 0 Å². The molecule has 0 unspecified atom stereocenters. The fraction of sp³-hybridized carbons (Fsp3) is 0.500. The van der Waals surface area contributed by atoms with Crippen LogP contribution in [0.15, 0.2) is 52.3 Å². The van der Waals surface area contributed by atoms with E-state index >= 15 is 0 Å². The molecule has 0 aliphatic rings. The number of rotatable bonds is 15. The fourth-order valence-corrected chi connectivity index (χ4v) is 4.67. The van der Waals surface area contributed by atoms with Gasteiger partial charge in [-0.1, -0.05) is 76.8 Å². The molecule has 0 fully saturated rings. The number of ether oxygens (including phenoxy) is 1. The summed E-state index contributed by atoms with van der Waals surface area (Å²) in [5.74, 6) is -0.267. The molecule has 11 heteroatoms. The van der Waals surface area contributed by atoms with Gasteiger partial charge in [0.25, 0.3) is 0 Å². The van der Waals surface area contributed by atoms with Gasteiger partial charge in [0.05, 0.1) is 9.79 Å². The summed E-state index contributed by atoms with van der Waals surface area (Å²) >= 11 is 0. The quantitative estimate of drug-likeness (QED) is 0.173. The van der Waals surface area contributed by atoms with Crippen LogP contribution in [0, 0.1) is 0 Å². The van der Waals surface area contributed by atoms with E-state index in [4.69, 9.17) is 4.74 Å². The van der Waals surface area contributed by atoms with Crippen molar-refractivity contribution in [2.45, 2.75) is 87.3 Å². The molecule has 0 aromatic heterocycles. The van der Waals surface area contributed by atoms with E-state index in [1.807, 2.05) is 12.1 Å². The van der Waals surface area contributed by atoms with Gasteiger partial charge in [-0.05, 0) is 48.7 Å². The molecule has 2 rings (SSSR count). The molecule has 0 N–H and O–H groups in total. The number of unbranched alkanes of at least 4 members (excludes halogenated alkanes) is 9. The molecule has 2 aromatic rings. The van der Waals surface area contributed by atoms with Crippen molar-refractivity contribution in [3.63, 3.8) is 0 Å². The van der Waals surface area contributed by atoms with Crippen LogP contribution in [0.25, 0.3) is 0 Å². The summed E-state index contributed by atoms with van der Waals surface area (Å²) in [4.78, 5) is -1.41. The van der Waals surface area contributed by atoms with Crippen molar-refractivity contribution in [1.82, 2.24) is 0 Å². The number of benzene rings is 2. The predicted octanol–water partition coefficient (Wildman–Crippen LogP) is -0.241. The maximum absolute atomic E-state index is 11.5. The molecule has 0 heterocycles. The summed E-state index contributed by atoms with van der Waals surface area (Å²) in [7, 11) is -9.76. The second kappa shape index (κ2) is 17.5. The largest absolute Gasteiger partial charge is 1.00 e. The molecule has 0 amide bonds. The Morgan fingerprint density at radius 2 is 1.20 bits per heavy atom. The Kier molecular flexibility index (Phi) is 17.6. The Bertz CT molecular complexity index is 1090. The first-order valence-corrected chi connectivity index (χ1v) is 14.3. The van der Waals surface area contributed by atoms with E-state index in [2.05, 4.69) is 6.92 Å². The van der Waals surface area contributed by atoms with Crippen molar-refractivity contribution in [1.29, 1.82) is 0 Å². The van der Waals surface area contributed by atoms with Crippen LogP contribution in [0.4, 0.5) is 0 Å². The Morgan fingerprint density at radius 1 is 0.686 bits per heavy atom. The molecule has 0 saturated carbocycles. The number of hydrogen-bond acceptors (Lipinski definition) is 7. The maximum atomic E-state index is 11.5. The Labute approximate surface area is 254 Å². The fourth-order valence-electron chi connectivity index (χ4n) is 3.60. The van der Waals surface area contributed by atoms with Crippen LogP contribution >= 0.6 is 0 Å². The summed E-state index contributed by atoms with van der Waals surface area (Å²) in [5.41, 5.74) is 1.09. The van der Waals surface area contributed by atoms with Gasteiger partial charge in [-0.25, -0.2) is 16.8 Å². The topological polar surface area (TPSA) is 124 Å². The van der Waals surface area contributed by atoms with E-state index in [9.17, 15) is 25.9 Å². The van der Waals surface area contributed by atoms with E-state index in [1.165, 1.54) is 51.4 Å². The Balaban J connectivity index is 0.00000578. The second-order valence-electron chi connectivity index (χ2n) is 8.19. The third-order valence-electron chi connectivity index (χ3n) is 5.44. The van der Waals surface area contributed by atoms with Crippen molar-refractivity contribution in [3.8, 4) is 11.5 Å². The first-order chi connectivity index (χ1) is 15.6. The summed E-state index contributed by atoms with van der Waals surface area (Å²) in [6, 6.07) is 9.20. The Morgan fingerprint density at radius 3 is 1.69 bits per heavy atom. The monoisotopic (exact) mass is 542 g/mol. The summed E-state index contributed by atoms with van der Waals surface area (Å²) in [6.07, 6.45) is 13.5. The van der Waals surface area contributed by atoms with Crippen LogP contribution in [0.2, 0.25) is 0 Å². The van der Waals surface area contributed by atoms with Gasteiger partial charge >= 0.3 is 59.1 Å². The van der Waals surface area contributed by atoms with Gasteiger partial charge in [-0.15, -0.1) is 0 Å². The molecule has 35 heavy (non-hydrogen) atoms. The average Bonchev–Trinajstić information content (AvgIpc) is 2.75. The molecule has 0 atom stereocenters. The zero-order valence-corrected chi connectivity index (χ0v) is 26.6. The molecular formula is C24H32Na2O7S2. The van der Waals surface area contributed by atoms with E-state index in [-0.39, 0.29) is 64.9 Å². The first-order valence-electron chi connectivity index (χ1n) is 11.4. The average molecular weight is 543 g/mol. The normalized spacial score (nSPS) is 11.4. The summed E-state index contributed by atoms with van der Waals surface area (Å²) < 4.78 is 73.6. The van der Waals surface area contributed by atoms with Gasteiger partial charge in [-0.3, -0.25) is 0 Å². The minimum Gasteiger partial charge on any atom is -0.744 e. The minimum atomic E-state index is -4.92. The van der Waals surface area contributed by atoms with Crippen LogP contribution < -0.4 is 63.9 Å². The zero-order chi connectivity index (χ0) is 24.3. The smallest absolute Gasteiger partial charge is 0.744 e. The molecule has 0 bridgehead atoms. The van der Waals surface area contributed by atoms with Crippen LogP contribution in [0.1, 0.15) is 76.7 Å². The molecule has 0 aliphatic carbocycles. The van der Waals surface area contributed by atoms with Gasteiger partial charge < -0.3 is 13.8 Å². The van der Waals surface area contributed by atoms with Crippen molar-refractivity contribution < 1.29 is 89.8 Å². The Hall–Kier alpha value is 0.0600. The standard InChI is InChI=1S/C24H34O7S2.2Na/c1-2-3-4-5-6-7-8-9-10-11-12-20-13-15-21(16-14-20)31-23-19-22(32(25,26)27)17-18-24(23)33(28,29)30;;/h13-19H,2-12H2,1H3,(H,25,26,27)(H,28,29,30);;/q;2*+1/p-2. The van der Waals surface area contributed by atoms with Crippen LogP contribution in [-0.4, -0.2) is 25.9 Å². The molecule has 0 aliphatic heterocycles. The maximum Gasteiger partial charge on any atom is 1.00 e. The minimum absolute atomic E-state index is 0. The van der Waals surface area contributed by atoms with Crippen molar-refractivity contribution in [3.05, 3.63) is 48.0 Å². The third kappa shape index (κ3) is 13.4. The van der Waals surface area contributed by atoms with Crippen molar-refractivity contribution in [2.75, 3.05) is 0 Å². The van der Waals surface area contributed by atoms with Crippen molar-refractivity contribution >= 4 is 20.2 Å². The van der Waals surface area contributed by atoms with Gasteiger partial charge in [0.2, 0.25) is 0 Å². The van der Waals surface area contributed by atoms with E-state index in [0.717, 1.165) is 43.0 Å². The first kappa shape index (κ1) is 35.1. The molecule has 0 radical (unpaired) electrons. The van der Waals surface area contributed by atoms with E-state index in [1.54, 1.807) is 12.1 Å². The number of aryl methyl sites for hydroxylation is 1. The van der Waals surface area contributed by atoms with Crippen LogP contribution in [-0.2, 0) is 26.7 Å². The van der Waals surface area contributed by atoms with Gasteiger partial charge in [-0.2, -0.15) is 0 Å². The molecule has 7 nitrogen and oxygen atoms in total. The summed E-state index contributed by atoms with van der Waals surface area (Å²) in [5, 5.41) is 0. The van der Waals surface area contributed by atoms with Crippen LogP contribution in [0.5, 0.6) is 11.5 Å². The van der Waals surface area contributed by atoms with Crippen LogP contribution in [0.3, 0.4) is 0 Å².